The maximum Gasteiger partial charge on any atom is 0.115 e. The standard InChI is InChI=1S/C27H37NO2/c1-18(20-6-12-25(29)13-7-20)19(2)28-16-21-14-27(30,15-22(21)17-28)24-10-8-23(9-11-24)26(3,4)5/h6-13,18-19,21-22,29-30H,14-17H2,1-5H3/t18?,19?,21-,22+,27?. The second-order valence-corrected chi connectivity index (χ2v) is 10.9. The first-order chi connectivity index (χ1) is 14.1. The summed E-state index contributed by atoms with van der Waals surface area (Å²) in [6.45, 7) is 13.4. The topological polar surface area (TPSA) is 43.7 Å². The molecule has 1 aliphatic carbocycles. The fourth-order valence-electron chi connectivity index (χ4n) is 5.61. The molecule has 3 heteroatoms. The molecule has 5 atom stereocenters. The van der Waals surface area contributed by atoms with Crippen LogP contribution in [0.25, 0.3) is 0 Å². The van der Waals surface area contributed by atoms with Gasteiger partial charge in [-0.1, -0.05) is 64.1 Å². The van der Waals surface area contributed by atoms with E-state index in [4.69, 9.17) is 0 Å². The summed E-state index contributed by atoms with van der Waals surface area (Å²) >= 11 is 0. The monoisotopic (exact) mass is 407 g/mol. The highest BCUT2D eigenvalue weighted by atomic mass is 16.3. The van der Waals surface area contributed by atoms with Gasteiger partial charge in [-0.2, -0.15) is 0 Å². The highest BCUT2D eigenvalue weighted by Gasteiger charge is 2.49. The molecule has 2 aliphatic rings. The van der Waals surface area contributed by atoms with E-state index in [0.29, 0.717) is 29.5 Å². The molecule has 2 fully saturated rings. The van der Waals surface area contributed by atoms with Crippen molar-refractivity contribution in [3.8, 4) is 5.75 Å². The van der Waals surface area contributed by atoms with Crippen molar-refractivity contribution >= 4 is 0 Å². The molecule has 0 amide bonds. The number of aromatic hydroxyl groups is 1. The number of rotatable bonds is 4. The molecule has 1 heterocycles. The van der Waals surface area contributed by atoms with Crippen molar-refractivity contribution in [1.29, 1.82) is 0 Å². The molecule has 3 unspecified atom stereocenters. The minimum Gasteiger partial charge on any atom is -0.508 e. The molecular formula is C27H37NO2. The Bertz CT molecular complexity index is 851. The van der Waals surface area contributed by atoms with Crippen molar-refractivity contribution in [2.45, 2.75) is 70.4 Å². The predicted molar refractivity (Wildman–Crippen MR) is 123 cm³/mol. The Hall–Kier alpha value is -1.84. The van der Waals surface area contributed by atoms with E-state index in [9.17, 15) is 10.2 Å². The molecule has 1 saturated heterocycles. The largest absolute Gasteiger partial charge is 0.508 e. The number of hydrogen-bond donors (Lipinski definition) is 2. The Labute approximate surface area is 181 Å². The van der Waals surface area contributed by atoms with Crippen molar-refractivity contribution < 1.29 is 10.2 Å². The van der Waals surface area contributed by atoms with Gasteiger partial charge in [-0.05, 0) is 71.8 Å². The van der Waals surface area contributed by atoms with Gasteiger partial charge >= 0.3 is 0 Å². The second-order valence-electron chi connectivity index (χ2n) is 10.9. The fourth-order valence-corrected chi connectivity index (χ4v) is 5.61. The molecule has 0 spiro atoms. The van der Waals surface area contributed by atoms with E-state index < -0.39 is 5.60 Å². The average Bonchev–Trinajstić information content (AvgIpc) is 3.22. The van der Waals surface area contributed by atoms with Crippen molar-refractivity contribution in [3.63, 3.8) is 0 Å². The van der Waals surface area contributed by atoms with E-state index in [0.717, 1.165) is 31.5 Å². The number of hydrogen-bond acceptors (Lipinski definition) is 3. The SMILES string of the molecule is CC(c1ccc(O)cc1)C(C)N1C[C@@H]2CC(O)(c3ccc(C(C)(C)C)cc3)C[C@@H]2C1. The molecule has 3 nitrogen and oxygen atoms in total. The fraction of sp³-hybridized carbons (Fsp3) is 0.556. The summed E-state index contributed by atoms with van der Waals surface area (Å²) in [6.07, 6.45) is 1.73. The van der Waals surface area contributed by atoms with Crippen LogP contribution < -0.4 is 0 Å². The third kappa shape index (κ3) is 4.02. The zero-order valence-corrected chi connectivity index (χ0v) is 19.1. The van der Waals surface area contributed by atoms with E-state index >= 15 is 0 Å². The molecule has 1 aliphatic heterocycles. The number of phenols is 1. The second kappa shape index (κ2) is 7.69. The van der Waals surface area contributed by atoms with Crippen LogP contribution in [0.5, 0.6) is 5.75 Å². The van der Waals surface area contributed by atoms with Crippen LogP contribution in [0, 0.1) is 11.8 Å². The molecule has 162 valence electrons. The number of phenolic OH excluding ortho intramolecular Hbond substituents is 1. The summed E-state index contributed by atoms with van der Waals surface area (Å²) in [7, 11) is 0. The van der Waals surface area contributed by atoms with Crippen LogP contribution in [0.1, 0.15) is 70.1 Å². The van der Waals surface area contributed by atoms with Gasteiger partial charge in [0.25, 0.3) is 0 Å². The predicted octanol–water partition coefficient (Wildman–Crippen LogP) is 5.41. The lowest BCUT2D eigenvalue weighted by molar-refractivity contribution is 0.0291. The molecule has 30 heavy (non-hydrogen) atoms. The van der Waals surface area contributed by atoms with Gasteiger partial charge in [-0.25, -0.2) is 0 Å². The summed E-state index contributed by atoms with van der Waals surface area (Å²) in [5.41, 5.74) is 3.13. The summed E-state index contributed by atoms with van der Waals surface area (Å²) in [4.78, 5) is 2.61. The van der Waals surface area contributed by atoms with Crippen LogP contribution in [0.4, 0.5) is 0 Å². The van der Waals surface area contributed by atoms with Crippen molar-refractivity contribution in [1.82, 2.24) is 4.90 Å². The van der Waals surface area contributed by atoms with Crippen LogP contribution >= 0.6 is 0 Å². The van der Waals surface area contributed by atoms with Crippen LogP contribution in [0.2, 0.25) is 0 Å². The Morgan fingerprint density at radius 1 is 0.900 bits per heavy atom. The van der Waals surface area contributed by atoms with E-state index in [1.807, 2.05) is 12.1 Å². The first-order valence-electron chi connectivity index (χ1n) is 11.4. The van der Waals surface area contributed by atoms with Gasteiger partial charge in [0.2, 0.25) is 0 Å². The third-order valence-corrected chi connectivity index (χ3v) is 7.81. The first kappa shape index (κ1) is 21.4. The molecule has 2 aromatic carbocycles. The van der Waals surface area contributed by atoms with Gasteiger partial charge in [-0.15, -0.1) is 0 Å². The molecule has 1 saturated carbocycles. The van der Waals surface area contributed by atoms with Gasteiger partial charge in [0.1, 0.15) is 5.75 Å². The van der Waals surface area contributed by atoms with Crippen LogP contribution in [-0.4, -0.2) is 34.2 Å². The quantitative estimate of drug-likeness (QED) is 0.712. The maximum atomic E-state index is 11.5. The lowest BCUT2D eigenvalue weighted by Crippen LogP contribution is -2.37. The smallest absolute Gasteiger partial charge is 0.115 e. The van der Waals surface area contributed by atoms with Crippen LogP contribution in [0.3, 0.4) is 0 Å². The molecule has 2 N–H and O–H groups in total. The van der Waals surface area contributed by atoms with Crippen LogP contribution in [0.15, 0.2) is 48.5 Å². The molecule has 4 rings (SSSR count). The molecule has 0 bridgehead atoms. The highest BCUT2D eigenvalue weighted by molar-refractivity contribution is 5.32. The summed E-state index contributed by atoms with van der Waals surface area (Å²) in [6, 6.07) is 16.7. The maximum absolute atomic E-state index is 11.5. The molecule has 2 aromatic rings. The summed E-state index contributed by atoms with van der Waals surface area (Å²) < 4.78 is 0. The van der Waals surface area contributed by atoms with Gasteiger partial charge in [0.05, 0.1) is 5.60 Å². The highest BCUT2D eigenvalue weighted by Crippen LogP contribution is 2.50. The van der Waals surface area contributed by atoms with E-state index in [1.54, 1.807) is 12.1 Å². The number of nitrogens with zero attached hydrogens (tertiary/aromatic N) is 1. The number of aliphatic hydroxyl groups is 1. The average molecular weight is 408 g/mol. The first-order valence-corrected chi connectivity index (χ1v) is 11.4. The Morgan fingerprint density at radius 3 is 1.93 bits per heavy atom. The lowest BCUT2D eigenvalue weighted by atomic mass is 9.84. The van der Waals surface area contributed by atoms with Gasteiger partial charge in [0.15, 0.2) is 0 Å². The Balaban J connectivity index is 1.41. The third-order valence-electron chi connectivity index (χ3n) is 7.81. The lowest BCUT2D eigenvalue weighted by Gasteiger charge is -2.32. The van der Waals surface area contributed by atoms with Crippen molar-refractivity contribution in [2.24, 2.45) is 11.8 Å². The zero-order chi connectivity index (χ0) is 21.7. The minimum absolute atomic E-state index is 0.137. The van der Waals surface area contributed by atoms with Crippen molar-refractivity contribution in [2.75, 3.05) is 13.1 Å². The van der Waals surface area contributed by atoms with E-state index in [-0.39, 0.29) is 5.41 Å². The van der Waals surface area contributed by atoms with Gasteiger partial charge < -0.3 is 10.2 Å². The summed E-state index contributed by atoms with van der Waals surface area (Å²) in [5, 5.41) is 21.0. The van der Waals surface area contributed by atoms with E-state index in [2.05, 4.69) is 63.8 Å². The Kier molecular flexibility index (Phi) is 5.48. The normalized spacial score (nSPS) is 29.0. The van der Waals surface area contributed by atoms with Gasteiger partial charge in [-0.3, -0.25) is 4.90 Å². The van der Waals surface area contributed by atoms with E-state index in [1.165, 1.54) is 11.1 Å². The number of benzene rings is 2. The zero-order valence-electron chi connectivity index (χ0n) is 19.1. The van der Waals surface area contributed by atoms with Gasteiger partial charge in [0, 0.05) is 19.1 Å². The number of likely N-dealkylation sites (tertiary alicyclic amines) is 1. The summed E-state index contributed by atoms with van der Waals surface area (Å²) in [5.74, 6) is 1.86. The molecule has 0 aromatic heterocycles. The minimum atomic E-state index is -0.677. The molecular weight excluding hydrogens is 370 g/mol. The molecule has 0 radical (unpaired) electrons. The number of fused-ring (bicyclic) bond motifs is 1. The Morgan fingerprint density at radius 2 is 1.43 bits per heavy atom. The van der Waals surface area contributed by atoms with Crippen LogP contribution in [-0.2, 0) is 11.0 Å². The van der Waals surface area contributed by atoms with Crippen molar-refractivity contribution in [3.05, 3.63) is 65.2 Å².